The monoisotopic (exact) mass is 303 g/mol. The van der Waals surface area contributed by atoms with Gasteiger partial charge in [0.05, 0.1) is 14.2 Å². The second-order valence-electron chi connectivity index (χ2n) is 7.24. The van der Waals surface area contributed by atoms with E-state index in [1.54, 1.807) is 14.2 Å². The molecule has 3 heteroatoms. The number of methoxy groups -OCH3 is 2. The van der Waals surface area contributed by atoms with E-state index in [0.29, 0.717) is 6.04 Å². The summed E-state index contributed by atoms with van der Waals surface area (Å²) in [5.74, 6) is 3.41. The van der Waals surface area contributed by atoms with Crippen molar-refractivity contribution in [1.82, 2.24) is 4.90 Å². The summed E-state index contributed by atoms with van der Waals surface area (Å²) in [4.78, 5) is 2.70. The Morgan fingerprint density at radius 3 is 2.55 bits per heavy atom. The molecule has 1 aromatic rings. The molecule has 0 unspecified atom stereocenters. The van der Waals surface area contributed by atoms with Gasteiger partial charge in [0.1, 0.15) is 0 Å². The van der Waals surface area contributed by atoms with Gasteiger partial charge in [0.15, 0.2) is 11.5 Å². The Hall–Kier alpha value is -1.22. The van der Waals surface area contributed by atoms with E-state index >= 15 is 0 Å². The average Bonchev–Trinajstić information content (AvgIpc) is 2.52. The second kappa shape index (κ2) is 6.49. The summed E-state index contributed by atoms with van der Waals surface area (Å²) in [7, 11) is 3.45. The van der Waals surface area contributed by atoms with Gasteiger partial charge in [-0.3, -0.25) is 4.90 Å². The SMILES string of the molecule is COc1cc2c(cc1OC)[C@H]1CC[C@H](CC(C)C)CN1CC2. The summed E-state index contributed by atoms with van der Waals surface area (Å²) in [6, 6.07) is 4.98. The quantitative estimate of drug-likeness (QED) is 0.837. The number of fused-ring (bicyclic) bond motifs is 3. The molecule has 1 fully saturated rings. The van der Waals surface area contributed by atoms with Crippen LogP contribution in [0.3, 0.4) is 0 Å². The molecule has 1 saturated heterocycles. The molecule has 0 N–H and O–H groups in total. The molecule has 0 saturated carbocycles. The summed E-state index contributed by atoms with van der Waals surface area (Å²) >= 11 is 0. The molecule has 0 bridgehead atoms. The fourth-order valence-corrected chi connectivity index (χ4v) is 4.31. The Morgan fingerprint density at radius 2 is 1.86 bits per heavy atom. The van der Waals surface area contributed by atoms with Crippen molar-refractivity contribution in [2.45, 2.75) is 45.6 Å². The lowest BCUT2D eigenvalue weighted by Gasteiger charge is -2.44. The Labute approximate surface area is 134 Å². The Kier molecular flexibility index (Phi) is 4.62. The van der Waals surface area contributed by atoms with E-state index in [4.69, 9.17) is 9.47 Å². The first-order valence-corrected chi connectivity index (χ1v) is 8.61. The maximum atomic E-state index is 5.51. The molecule has 2 aliphatic rings. The number of piperidine rings is 1. The van der Waals surface area contributed by atoms with Crippen LogP contribution in [0.2, 0.25) is 0 Å². The second-order valence-corrected chi connectivity index (χ2v) is 7.24. The summed E-state index contributed by atoms with van der Waals surface area (Å²) in [6.07, 6.45) is 5.12. The van der Waals surface area contributed by atoms with Crippen LogP contribution in [0.5, 0.6) is 11.5 Å². The van der Waals surface area contributed by atoms with E-state index in [-0.39, 0.29) is 0 Å². The lowest BCUT2D eigenvalue weighted by molar-refractivity contribution is 0.0894. The molecule has 0 aromatic heterocycles. The van der Waals surface area contributed by atoms with Gasteiger partial charge in [0.2, 0.25) is 0 Å². The van der Waals surface area contributed by atoms with Crippen molar-refractivity contribution in [3.63, 3.8) is 0 Å². The van der Waals surface area contributed by atoms with Crippen LogP contribution in [0.1, 0.15) is 50.3 Å². The van der Waals surface area contributed by atoms with Crippen molar-refractivity contribution < 1.29 is 9.47 Å². The standard InChI is InChI=1S/C19H29NO2/c1-13(2)9-14-5-6-17-16-11-19(22-4)18(21-3)10-15(16)7-8-20(17)12-14/h10-11,13-14,17H,5-9,12H2,1-4H3/t14-,17-/m1/s1. The van der Waals surface area contributed by atoms with Gasteiger partial charge >= 0.3 is 0 Å². The van der Waals surface area contributed by atoms with E-state index < -0.39 is 0 Å². The van der Waals surface area contributed by atoms with Crippen molar-refractivity contribution in [2.75, 3.05) is 27.3 Å². The lowest BCUT2D eigenvalue weighted by atomic mass is 9.81. The van der Waals surface area contributed by atoms with Crippen molar-refractivity contribution in [3.05, 3.63) is 23.3 Å². The van der Waals surface area contributed by atoms with Gasteiger partial charge < -0.3 is 9.47 Å². The lowest BCUT2D eigenvalue weighted by Crippen LogP contribution is -2.42. The molecule has 1 aromatic carbocycles. The first kappa shape index (κ1) is 15.7. The molecule has 2 heterocycles. The summed E-state index contributed by atoms with van der Waals surface area (Å²) in [5.41, 5.74) is 2.91. The van der Waals surface area contributed by atoms with E-state index in [1.165, 1.54) is 43.5 Å². The molecule has 3 nitrogen and oxygen atoms in total. The van der Waals surface area contributed by atoms with Crippen LogP contribution in [0.4, 0.5) is 0 Å². The van der Waals surface area contributed by atoms with E-state index in [9.17, 15) is 0 Å². The Bertz CT molecular complexity index is 526. The predicted molar refractivity (Wildman–Crippen MR) is 89.7 cm³/mol. The van der Waals surface area contributed by atoms with Crippen LogP contribution in [-0.4, -0.2) is 32.2 Å². The van der Waals surface area contributed by atoms with Gasteiger partial charge in [-0.25, -0.2) is 0 Å². The third-order valence-electron chi connectivity index (χ3n) is 5.26. The highest BCUT2D eigenvalue weighted by Gasteiger charge is 2.34. The van der Waals surface area contributed by atoms with Gasteiger partial charge in [0.25, 0.3) is 0 Å². The topological polar surface area (TPSA) is 21.7 Å². The highest BCUT2D eigenvalue weighted by molar-refractivity contribution is 5.49. The molecule has 0 aliphatic carbocycles. The van der Waals surface area contributed by atoms with Gasteiger partial charge in [-0.05, 0) is 60.8 Å². The van der Waals surface area contributed by atoms with Crippen LogP contribution in [0, 0.1) is 11.8 Å². The Balaban J connectivity index is 1.82. The van der Waals surface area contributed by atoms with Crippen LogP contribution < -0.4 is 9.47 Å². The minimum Gasteiger partial charge on any atom is -0.493 e. The highest BCUT2D eigenvalue weighted by Crippen LogP contribution is 2.43. The normalized spacial score (nSPS) is 24.8. The fraction of sp³-hybridized carbons (Fsp3) is 0.684. The first-order valence-electron chi connectivity index (χ1n) is 8.61. The molecule has 2 aliphatic heterocycles. The van der Waals surface area contributed by atoms with Crippen molar-refractivity contribution in [3.8, 4) is 11.5 Å². The predicted octanol–water partition coefficient (Wildman–Crippen LogP) is 4.06. The van der Waals surface area contributed by atoms with E-state index in [2.05, 4.69) is 30.9 Å². The number of hydrogen-bond acceptors (Lipinski definition) is 3. The first-order chi connectivity index (χ1) is 10.6. The van der Waals surface area contributed by atoms with Crippen LogP contribution in [-0.2, 0) is 6.42 Å². The van der Waals surface area contributed by atoms with Crippen LogP contribution in [0.15, 0.2) is 12.1 Å². The molecule has 3 rings (SSSR count). The summed E-state index contributed by atoms with van der Waals surface area (Å²) < 4.78 is 11.0. The van der Waals surface area contributed by atoms with Gasteiger partial charge in [0, 0.05) is 19.1 Å². The molecule has 0 radical (unpaired) electrons. The third kappa shape index (κ3) is 2.96. The van der Waals surface area contributed by atoms with Gasteiger partial charge in [-0.1, -0.05) is 13.8 Å². The maximum Gasteiger partial charge on any atom is 0.161 e. The molecular weight excluding hydrogens is 274 g/mol. The van der Waals surface area contributed by atoms with Crippen molar-refractivity contribution >= 4 is 0 Å². The molecule has 0 amide bonds. The van der Waals surface area contributed by atoms with Crippen LogP contribution >= 0.6 is 0 Å². The molecule has 0 spiro atoms. The zero-order valence-electron chi connectivity index (χ0n) is 14.4. The average molecular weight is 303 g/mol. The largest absolute Gasteiger partial charge is 0.493 e. The molecular formula is C19H29NO2. The van der Waals surface area contributed by atoms with Crippen molar-refractivity contribution in [1.29, 1.82) is 0 Å². The molecule has 22 heavy (non-hydrogen) atoms. The van der Waals surface area contributed by atoms with E-state index in [1.807, 2.05) is 0 Å². The maximum absolute atomic E-state index is 5.51. The summed E-state index contributed by atoms with van der Waals surface area (Å²) in [5, 5.41) is 0. The van der Waals surface area contributed by atoms with Gasteiger partial charge in [-0.2, -0.15) is 0 Å². The number of rotatable bonds is 4. The fourth-order valence-electron chi connectivity index (χ4n) is 4.31. The number of nitrogens with zero attached hydrogens (tertiary/aromatic N) is 1. The number of benzene rings is 1. The zero-order valence-corrected chi connectivity index (χ0v) is 14.4. The Morgan fingerprint density at radius 1 is 1.14 bits per heavy atom. The molecule has 2 atom stereocenters. The minimum atomic E-state index is 0.576. The number of ether oxygens (including phenoxy) is 2. The third-order valence-corrected chi connectivity index (χ3v) is 5.26. The molecule has 122 valence electrons. The van der Waals surface area contributed by atoms with Crippen LogP contribution in [0.25, 0.3) is 0 Å². The minimum absolute atomic E-state index is 0.576. The number of hydrogen-bond donors (Lipinski definition) is 0. The van der Waals surface area contributed by atoms with Gasteiger partial charge in [-0.15, -0.1) is 0 Å². The van der Waals surface area contributed by atoms with Crippen molar-refractivity contribution in [2.24, 2.45) is 11.8 Å². The van der Waals surface area contributed by atoms with E-state index in [0.717, 1.165) is 29.8 Å². The zero-order chi connectivity index (χ0) is 15.7. The summed E-state index contributed by atoms with van der Waals surface area (Å²) in [6.45, 7) is 7.13. The highest BCUT2D eigenvalue weighted by atomic mass is 16.5. The smallest absolute Gasteiger partial charge is 0.161 e.